The van der Waals surface area contributed by atoms with Crippen LogP contribution in [-0.2, 0) is 13.1 Å². The summed E-state index contributed by atoms with van der Waals surface area (Å²) in [7, 11) is 0. The maximum atomic E-state index is 13.9. The SMILES string of the molecule is Fc1cc(F)c(F)c(Cn2ccc(NC(=S)Nc3nn(Cc4ccccc4Cl)cc3Br)n2)c1F. The minimum absolute atomic E-state index is 0.142. The summed E-state index contributed by atoms with van der Waals surface area (Å²) in [5, 5.41) is 15.0. The van der Waals surface area contributed by atoms with Crippen molar-refractivity contribution >= 4 is 56.5 Å². The molecule has 0 spiro atoms. The topological polar surface area (TPSA) is 59.7 Å². The molecule has 0 bridgehead atoms. The molecule has 0 radical (unpaired) electrons. The number of aromatic nitrogens is 4. The number of nitrogens with one attached hydrogen (secondary N) is 2. The van der Waals surface area contributed by atoms with E-state index in [0.717, 1.165) is 10.2 Å². The Morgan fingerprint density at radius 3 is 2.38 bits per heavy atom. The molecule has 13 heteroatoms. The molecule has 0 amide bonds. The molecule has 0 saturated heterocycles. The standard InChI is InChI=1S/C21H14BrClF4N6S/c22-13-10-33(8-11-3-1-2-4-14(11)23)31-20(13)29-21(34)28-17-5-6-32(30-17)9-12-18(26)15(24)7-16(25)19(12)27/h1-7,10H,8-9H2,(H2,28,29,30,31,34). The van der Waals surface area contributed by atoms with Gasteiger partial charge in [0.05, 0.1) is 23.1 Å². The summed E-state index contributed by atoms with van der Waals surface area (Å²) in [6, 6.07) is 9.04. The van der Waals surface area contributed by atoms with Crippen molar-refractivity contribution in [2.75, 3.05) is 10.6 Å². The fourth-order valence-corrected chi connectivity index (χ4v) is 3.87. The quantitative estimate of drug-likeness (QED) is 0.169. The molecule has 0 saturated carbocycles. The number of rotatable bonds is 6. The maximum Gasteiger partial charge on any atom is 0.177 e. The van der Waals surface area contributed by atoms with Gasteiger partial charge in [0.15, 0.2) is 40.0 Å². The van der Waals surface area contributed by atoms with Gasteiger partial charge in [-0.3, -0.25) is 9.36 Å². The number of hydrogen-bond donors (Lipinski definition) is 2. The van der Waals surface area contributed by atoms with Gasteiger partial charge in [0.1, 0.15) is 0 Å². The molecule has 4 aromatic rings. The summed E-state index contributed by atoms with van der Waals surface area (Å²) >= 11 is 14.9. The molecule has 0 fully saturated rings. The van der Waals surface area contributed by atoms with E-state index in [1.807, 2.05) is 18.2 Å². The highest BCUT2D eigenvalue weighted by molar-refractivity contribution is 9.10. The van der Waals surface area contributed by atoms with Crippen LogP contribution in [0.15, 0.2) is 53.3 Å². The minimum Gasteiger partial charge on any atom is -0.316 e. The van der Waals surface area contributed by atoms with E-state index in [2.05, 4.69) is 36.8 Å². The van der Waals surface area contributed by atoms with Gasteiger partial charge >= 0.3 is 0 Å². The molecular weight excluding hydrogens is 560 g/mol. The van der Waals surface area contributed by atoms with Gasteiger partial charge in [0.25, 0.3) is 0 Å². The molecule has 0 aliphatic heterocycles. The van der Waals surface area contributed by atoms with E-state index in [0.29, 0.717) is 21.9 Å². The molecule has 0 aliphatic rings. The number of hydrogen-bond acceptors (Lipinski definition) is 3. The van der Waals surface area contributed by atoms with Crippen molar-refractivity contribution in [1.82, 2.24) is 19.6 Å². The van der Waals surface area contributed by atoms with Crippen LogP contribution in [0, 0.1) is 23.3 Å². The Hall–Kier alpha value is -2.96. The van der Waals surface area contributed by atoms with Crippen LogP contribution in [0.3, 0.4) is 0 Å². The van der Waals surface area contributed by atoms with Crippen LogP contribution in [-0.4, -0.2) is 24.7 Å². The lowest BCUT2D eigenvalue weighted by molar-refractivity contribution is 0.431. The molecule has 0 atom stereocenters. The molecule has 6 nitrogen and oxygen atoms in total. The lowest BCUT2D eigenvalue weighted by atomic mass is 10.2. The lowest BCUT2D eigenvalue weighted by Gasteiger charge is -2.08. The number of anilines is 2. The van der Waals surface area contributed by atoms with Gasteiger partial charge in [-0.1, -0.05) is 29.8 Å². The van der Waals surface area contributed by atoms with Gasteiger partial charge in [-0.05, 0) is 39.8 Å². The van der Waals surface area contributed by atoms with Crippen molar-refractivity contribution < 1.29 is 17.6 Å². The zero-order valence-corrected chi connectivity index (χ0v) is 20.2. The van der Waals surface area contributed by atoms with Gasteiger partial charge in [-0.15, -0.1) is 0 Å². The monoisotopic (exact) mass is 572 g/mol. The Morgan fingerprint density at radius 1 is 0.971 bits per heavy atom. The van der Waals surface area contributed by atoms with Crippen molar-refractivity contribution in [3.63, 3.8) is 0 Å². The van der Waals surface area contributed by atoms with Crippen LogP contribution in [0.4, 0.5) is 29.2 Å². The fourth-order valence-electron chi connectivity index (χ4n) is 3.06. The van der Waals surface area contributed by atoms with Crippen molar-refractivity contribution in [3.8, 4) is 0 Å². The number of halogens is 6. The normalized spacial score (nSPS) is 11.0. The summed E-state index contributed by atoms with van der Waals surface area (Å²) < 4.78 is 58.1. The highest BCUT2D eigenvalue weighted by Gasteiger charge is 2.20. The third-order valence-corrected chi connectivity index (χ3v) is 5.80. The summed E-state index contributed by atoms with van der Waals surface area (Å²) in [6.45, 7) is -0.0788. The molecule has 2 aromatic carbocycles. The minimum atomic E-state index is -1.48. The first kappa shape index (κ1) is 24.2. The second kappa shape index (κ2) is 10.1. The first-order valence-electron chi connectivity index (χ1n) is 9.61. The highest BCUT2D eigenvalue weighted by atomic mass is 79.9. The van der Waals surface area contributed by atoms with Crippen LogP contribution in [0.5, 0.6) is 0 Å². The Balaban J connectivity index is 1.40. The predicted octanol–water partition coefficient (Wildman–Crippen LogP) is 5.96. The number of thiocarbonyl (C=S) groups is 1. The first-order valence-corrected chi connectivity index (χ1v) is 11.2. The van der Waals surface area contributed by atoms with E-state index in [1.54, 1.807) is 16.9 Å². The van der Waals surface area contributed by atoms with Gasteiger partial charge in [-0.2, -0.15) is 10.2 Å². The van der Waals surface area contributed by atoms with Crippen LogP contribution in [0.2, 0.25) is 5.02 Å². The lowest BCUT2D eigenvalue weighted by Crippen LogP contribution is -2.20. The third kappa shape index (κ3) is 5.40. The van der Waals surface area contributed by atoms with Crippen LogP contribution in [0.1, 0.15) is 11.1 Å². The molecule has 0 aliphatic carbocycles. The summed E-state index contributed by atoms with van der Waals surface area (Å²) in [5.41, 5.74) is 0.115. The second-order valence-corrected chi connectivity index (χ2v) is 8.71. The molecule has 2 aromatic heterocycles. The van der Waals surface area contributed by atoms with E-state index < -0.39 is 35.4 Å². The van der Waals surface area contributed by atoms with Crippen molar-refractivity contribution in [3.05, 3.63) is 92.7 Å². The van der Waals surface area contributed by atoms with Crippen LogP contribution >= 0.6 is 39.7 Å². The fraction of sp³-hybridized carbons (Fsp3) is 0.0952. The maximum absolute atomic E-state index is 13.9. The molecular formula is C21H14BrClF4N6S. The van der Waals surface area contributed by atoms with Gasteiger partial charge in [-0.25, -0.2) is 17.6 Å². The predicted molar refractivity (Wildman–Crippen MR) is 128 cm³/mol. The Kier molecular flexibility index (Phi) is 7.19. The van der Waals surface area contributed by atoms with E-state index >= 15 is 0 Å². The van der Waals surface area contributed by atoms with E-state index in [4.69, 9.17) is 23.8 Å². The average Bonchev–Trinajstić information content (AvgIpc) is 3.37. The third-order valence-electron chi connectivity index (χ3n) is 4.64. The first-order chi connectivity index (χ1) is 16.2. The van der Waals surface area contributed by atoms with Crippen molar-refractivity contribution in [1.29, 1.82) is 0 Å². The van der Waals surface area contributed by atoms with E-state index in [-0.39, 0.29) is 17.0 Å². The van der Waals surface area contributed by atoms with E-state index in [1.165, 1.54) is 12.3 Å². The Bertz CT molecular complexity index is 1350. The van der Waals surface area contributed by atoms with Gasteiger partial charge in [0, 0.05) is 29.5 Å². The summed E-state index contributed by atoms with van der Waals surface area (Å²) in [6.07, 6.45) is 3.13. The van der Waals surface area contributed by atoms with E-state index in [9.17, 15) is 17.6 Å². The zero-order valence-electron chi connectivity index (χ0n) is 17.0. The van der Waals surface area contributed by atoms with Crippen LogP contribution < -0.4 is 10.6 Å². The zero-order chi connectivity index (χ0) is 24.4. The largest absolute Gasteiger partial charge is 0.316 e. The summed E-state index contributed by atoms with van der Waals surface area (Å²) in [5.74, 6) is -5.24. The molecule has 34 heavy (non-hydrogen) atoms. The Morgan fingerprint density at radius 2 is 1.68 bits per heavy atom. The van der Waals surface area contributed by atoms with Crippen molar-refractivity contribution in [2.24, 2.45) is 0 Å². The summed E-state index contributed by atoms with van der Waals surface area (Å²) in [4.78, 5) is 0. The number of benzene rings is 2. The molecule has 2 heterocycles. The average molecular weight is 574 g/mol. The molecule has 4 rings (SSSR count). The molecule has 176 valence electrons. The van der Waals surface area contributed by atoms with Gasteiger partial charge < -0.3 is 10.6 Å². The molecule has 0 unspecified atom stereocenters. The smallest absolute Gasteiger partial charge is 0.177 e. The van der Waals surface area contributed by atoms with Crippen LogP contribution in [0.25, 0.3) is 0 Å². The highest BCUT2D eigenvalue weighted by Crippen LogP contribution is 2.23. The molecule has 2 N–H and O–H groups in total. The Labute approximate surface area is 209 Å². The van der Waals surface area contributed by atoms with Gasteiger partial charge in [0.2, 0.25) is 0 Å². The van der Waals surface area contributed by atoms with Crippen molar-refractivity contribution in [2.45, 2.75) is 13.1 Å². The number of nitrogens with zero attached hydrogens (tertiary/aromatic N) is 4. The second-order valence-electron chi connectivity index (χ2n) is 7.04.